The van der Waals surface area contributed by atoms with E-state index in [0.29, 0.717) is 22.8 Å². The SMILES string of the molecule is C=CCN(Cc1cccs1)C(=O)c1ccc(C(=O)OC)s1. The van der Waals surface area contributed by atoms with Gasteiger partial charge < -0.3 is 9.64 Å². The van der Waals surface area contributed by atoms with Crippen LogP contribution in [0.2, 0.25) is 0 Å². The first-order valence-corrected chi connectivity index (χ1v) is 7.96. The molecule has 6 heteroatoms. The number of amides is 1. The third-order valence-electron chi connectivity index (χ3n) is 2.77. The largest absolute Gasteiger partial charge is 0.465 e. The Morgan fingerprint density at radius 1 is 1.33 bits per heavy atom. The lowest BCUT2D eigenvalue weighted by Gasteiger charge is -2.19. The topological polar surface area (TPSA) is 46.6 Å². The Kier molecular flexibility index (Phi) is 5.30. The van der Waals surface area contributed by atoms with Crippen LogP contribution < -0.4 is 0 Å². The van der Waals surface area contributed by atoms with Crippen molar-refractivity contribution in [2.75, 3.05) is 13.7 Å². The Hall–Kier alpha value is -1.92. The highest BCUT2D eigenvalue weighted by Crippen LogP contribution is 2.21. The van der Waals surface area contributed by atoms with Crippen LogP contribution in [0.3, 0.4) is 0 Å². The van der Waals surface area contributed by atoms with E-state index in [0.717, 1.165) is 16.2 Å². The van der Waals surface area contributed by atoms with Crippen molar-refractivity contribution in [1.29, 1.82) is 0 Å². The van der Waals surface area contributed by atoms with Crippen LogP contribution in [-0.2, 0) is 11.3 Å². The van der Waals surface area contributed by atoms with Crippen molar-refractivity contribution < 1.29 is 14.3 Å². The van der Waals surface area contributed by atoms with Crippen molar-refractivity contribution in [1.82, 2.24) is 4.90 Å². The smallest absolute Gasteiger partial charge is 0.348 e. The van der Waals surface area contributed by atoms with E-state index < -0.39 is 5.97 Å². The molecule has 110 valence electrons. The summed E-state index contributed by atoms with van der Waals surface area (Å²) >= 11 is 2.75. The van der Waals surface area contributed by atoms with E-state index in [9.17, 15) is 9.59 Å². The molecule has 0 radical (unpaired) electrons. The molecule has 2 aromatic heterocycles. The number of carbonyl (C=O) groups is 2. The Balaban J connectivity index is 2.15. The first kappa shape index (κ1) is 15.5. The molecule has 0 unspecified atom stereocenters. The van der Waals surface area contributed by atoms with E-state index >= 15 is 0 Å². The zero-order valence-corrected chi connectivity index (χ0v) is 13.2. The van der Waals surface area contributed by atoms with Gasteiger partial charge in [0.15, 0.2) is 0 Å². The van der Waals surface area contributed by atoms with Gasteiger partial charge in [0.25, 0.3) is 5.91 Å². The summed E-state index contributed by atoms with van der Waals surface area (Å²) in [5.74, 6) is -0.531. The van der Waals surface area contributed by atoms with Gasteiger partial charge in [0.05, 0.1) is 18.5 Å². The fourth-order valence-electron chi connectivity index (χ4n) is 1.78. The summed E-state index contributed by atoms with van der Waals surface area (Å²) in [5.41, 5.74) is 0. The molecule has 0 aromatic carbocycles. The highest BCUT2D eigenvalue weighted by atomic mass is 32.1. The van der Waals surface area contributed by atoms with Crippen LogP contribution in [-0.4, -0.2) is 30.4 Å². The van der Waals surface area contributed by atoms with Crippen LogP contribution in [0, 0.1) is 0 Å². The molecule has 21 heavy (non-hydrogen) atoms. The zero-order valence-electron chi connectivity index (χ0n) is 11.6. The van der Waals surface area contributed by atoms with Gasteiger partial charge in [0.2, 0.25) is 0 Å². The molecule has 1 amide bonds. The Morgan fingerprint density at radius 3 is 2.71 bits per heavy atom. The summed E-state index contributed by atoms with van der Waals surface area (Å²) in [5, 5.41) is 1.98. The molecule has 0 bridgehead atoms. The van der Waals surface area contributed by atoms with Crippen molar-refractivity contribution >= 4 is 34.6 Å². The minimum absolute atomic E-state index is 0.108. The highest BCUT2D eigenvalue weighted by Gasteiger charge is 2.19. The monoisotopic (exact) mass is 321 g/mol. The zero-order chi connectivity index (χ0) is 15.2. The minimum atomic E-state index is -0.424. The van der Waals surface area contributed by atoms with Gasteiger partial charge in [-0.25, -0.2) is 4.79 Å². The molecule has 0 atom stereocenters. The number of thiophene rings is 2. The molecule has 0 spiro atoms. The van der Waals surface area contributed by atoms with Crippen molar-refractivity contribution in [3.05, 3.63) is 56.9 Å². The fourth-order valence-corrected chi connectivity index (χ4v) is 3.40. The van der Waals surface area contributed by atoms with Crippen LogP contribution in [0.4, 0.5) is 0 Å². The summed E-state index contributed by atoms with van der Waals surface area (Å²) in [6.07, 6.45) is 1.69. The lowest BCUT2D eigenvalue weighted by molar-refractivity contribution is 0.0606. The third-order valence-corrected chi connectivity index (χ3v) is 4.68. The van der Waals surface area contributed by atoms with Crippen LogP contribution in [0.1, 0.15) is 24.2 Å². The highest BCUT2D eigenvalue weighted by molar-refractivity contribution is 7.15. The number of hydrogen-bond donors (Lipinski definition) is 0. The molecule has 4 nitrogen and oxygen atoms in total. The first-order valence-electron chi connectivity index (χ1n) is 6.26. The number of nitrogens with zero attached hydrogens (tertiary/aromatic N) is 1. The fraction of sp³-hybridized carbons (Fsp3) is 0.200. The number of carbonyl (C=O) groups excluding carboxylic acids is 2. The van der Waals surface area contributed by atoms with Crippen LogP contribution in [0.15, 0.2) is 42.3 Å². The lowest BCUT2D eigenvalue weighted by Crippen LogP contribution is -2.29. The average Bonchev–Trinajstić information content (AvgIpc) is 3.16. The molecule has 0 N–H and O–H groups in total. The Bertz CT molecular complexity index is 631. The quantitative estimate of drug-likeness (QED) is 0.605. The second-order valence-electron chi connectivity index (χ2n) is 4.21. The van der Waals surface area contributed by atoms with Crippen molar-refractivity contribution in [2.45, 2.75) is 6.54 Å². The lowest BCUT2D eigenvalue weighted by atomic mass is 10.3. The molecule has 0 aliphatic carbocycles. The predicted molar refractivity (Wildman–Crippen MR) is 84.9 cm³/mol. The maximum Gasteiger partial charge on any atom is 0.348 e. The first-order chi connectivity index (χ1) is 10.2. The van der Waals surface area contributed by atoms with Gasteiger partial charge in [0.1, 0.15) is 4.88 Å². The van der Waals surface area contributed by atoms with Gasteiger partial charge in [-0.05, 0) is 23.6 Å². The summed E-state index contributed by atoms with van der Waals surface area (Å²) in [4.78, 5) is 27.7. The maximum absolute atomic E-state index is 12.5. The standard InChI is InChI=1S/C15H15NO3S2/c1-3-8-16(10-11-5-4-9-20-11)14(17)12-6-7-13(21-12)15(18)19-2/h3-7,9H,1,8,10H2,2H3. The van der Waals surface area contributed by atoms with Crippen molar-refractivity contribution in [2.24, 2.45) is 0 Å². The molecule has 2 heterocycles. The summed E-state index contributed by atoms with van der Waals surface area (Å²) in [6, 6.07) is 7.21. The summed E-state index contributed by atoms with van der Waals surface area (Å²) < 4.78 is 4.65. The van der Waals surface area contributed by atoms with E-state index in [2.05, 4.69) is 11.3 Å². The maximum atomic E-state index is 12.5. The molecule has 0 aliphatic heterocycles. The number of ether oxygens (including phenoxy) is 1. The second-order valence-corrected chi connectivity index (χ2v) is 6.33. The normalized spacial score (nSPS) is 10.1. The van der Waals surface area contributed by atoms with Gasteiger partial charge in [-0.15, -0.1) is 29.3 Å². The van der Waals surface area contributed by atoms with Crippen molar-refractivity contribution in [3.8, 4) is 0 Å². The van der Waals surface area contributed by atoms with E-state index in [1.807, 2.05) is 17.5 Å². The van der Waals surface area contributed by atoms with E-state index in [1.165, 1.54) is 7.11 Å². The Morgan fingerprint density at radius 2 is 2.10 bits per heavy atom. The average molecular weight is 321 g/mol. The minimum Gasteiger partial charge on any atom is -0.465 e. The van der Waals surface area contributed by atoms with Gasteiger partial charge >= 0.3 is 5.97 Å². The van der Waals surface area contributed by atoms with E-state index in [1.54, 1.807) is 34.4 Å². The molecule has 2 aromatic rings. The van der Waals surface area contributed by atoms with Crippen LogP contribution >= 0.6 is 22.7 Å². The third kappa shape index (κ3) is 3.80. The second kappa shape index (κ2) is 7.19. The van der Waals surface area contributed by atoms with Crippen LogP contribution in [0.5, 0.6) is 0 Å². The van der Waals surface area contributed by atoms with E-state index in [-0.39, 0.29) is 5.91 Å². The summed E-state index contributed by atoms with van der Waals surface area (Å²) in [6.45, 7) is 4.69. The number of hydrogen-bond acceptors (Lipinski definition) is 5. The number of rotatable bonds is 6. The number of esters is 1. The molecule has 0 aliphatic rings. The number of methoxy groups -OCH3 is 1. The molecular weight excluding hydrogens is 306 g/mol. The van der Waals surface area contributed by atoms with Gasteiger partial charge in [-0.2, -0.15) is 0 Å². The molecule has 0 fully saturated rings. The van der Waals surface area contributed by atoms with Crippen LogP contribution in [0.25, 0.3) is 0 Å². The molecule has 0 saturated heterocycles. The molecule has 0 saturated carbocycles. The Labute approximate surface area is 131 Å². The van der Waals surface area contributed by atoms with Gasteiger partial charge in [0, 0.05) is 11.4 Å². The summed E-state index contributed by atoms with van der Waals surface area (Å²) in [7, 11) is 1.32. The molecular formula is C15H15NO3S2. The van der Waals surface area contributed by atoms with E-state index in [4.69, 9.17) is 0 Å². The molecule has 2 rings (SSSR count). The predicted octanol–water partition coefficient (Wildman–Crippen LogP) is 3.42. The van der Waals surface area contributed by atoms with Gasteiger partial charge in [-0.1, -0.05) is 12.1 Å². The van der Waals surface area contributed by atoms with Crippen molar-refractivity contribution in [3.63, 3.8) is 0 Å². The van der Waals surface area contributed by atoms with Gasteiger partial charge in [-0.3, -0.25) is 4.79 Å².